The molecule has 22 heavy (non-hydrogen) atoms. The normalized spacial score (nSPS) is 12.5. The standard InChI is InChI=1S/C15H12N6O/c1-10(22)21-9-11-6-7-12(17-20-16)8-14(11)19-18-13-4-2-3-5-15(13)21/h2-8H,9H2,1H3. The molecule has 3 rings (SSSR count). The van der Waals surface area contributed by atoms with Crippen molar-refractivity contribution in [1.29, 1.82) is 0 Å². The summed E-state index contributed by atoms with van der Waals surface area (Å²) in [5.74, 6) is -0.0744. The lowest BCUT2D eigenvalue weighted by molar-refractivity contribution is -0.116. The zero-order valence-electron chi connectivity index (χ0n) is 11.8. The van der Waals surface area contributed by atoms with Crippen molar-refractivity contribution in [3.8, 4) is 0 Å². The Kier molecular flexibility index (Phi) is 3.55. The van der Waals surface area contributed by atoms with Crippen molar-refractivity contribution in [2.45, 2.75) is 13.5 Å². The Hall–Kier alpha value is -3.18. The van der Waals surface area contributed by atoms with Crippen molar-refractivity contribution >= 4 is 28.7 Å². The second kappa shape index (κ2) is 5.67. The summed E-state index contributed by atoms with van der Waals surface area (Å²) < 4.78 is 0. The highest BCUT2D eigenvalue weighted by atomic mass is 16.2. The molecule has 0 spiro atoms. The number of fused-ring (bicyclic) bond motifs is 2. The van der Waals surface area contributed by atoms with E-state index in [9.17, 15) is 4.79 Å². The first-order valence-corrected chi connectivity index (χ1v) is 6.66. The monoisotopic (exact) mass is 292 g/mol. The fraction of sp³-hybridized carbons (Fsp3) is 0.133. The fourth-order valence-corrected chi connectivity index (χ4v) is 2.31. The average molecular weight is 292 g/mol. The lowest BCUT2D eigenvalue weighted by Gasteiger charge is -2.24. The van der Waals surface area contributed by atoms with E-state index in [1.807, 2.05) is 18.2 Å². The van der Waals surface area contributed by atoms with Gasteiger partial charge in [-0.2, -0.15) is 5.11 Å². The van der Waals surface area contributed by atoms with Crippen LogP contribution in [0.4, 0.5) is 22.7 Å². The molecule has 1 aliphatic rings. The van der Waals surface area contributed by atoms with Crippen molar-refractivity contribution in [3.05, 3.63) is 58.5 Å². The van der Waals surface area contributed by atoms with Crippen molar-refractivity contribution in [1.82, 2.24) is 0 Å². The van der Waals surface area contributed by atoms with E-state index in [0.717, 1.165) is 11.3 Å². The minimum Gasteiger partial charge on any atom is -0.306 e. The van der Waals surface area contributed by atoms with Gasteiger partial charge in [-0.25, -0.2) is 0 Å². The van der Waals surface area contributed by atoms with Gasteiger partial charge in [-0.15, -0.1) is 5.11 Å². The average Bonchev–Trinajstić information content (AvgIpc) is 2.50. The Morgan fingerprint density at radius 1 is 1.23 bits per heavy atom. The molecule has 0 unspecified atom stereocenters. The number of hydrogen-bond acceptors (Lipinski definition) is 4. The van der Waals surface area contributed by atoms with E-state index in [1.165, 1.54) is 6.92 Å². The second-order valence-electron chi connectivity index (χ2n) is 4.80. The van der Waals surface area contributed by atoms with E-state index in [-0.39, 0.29) is 5.91 Å². The molecule has 0 saturated carbocycles. The van der Waals surface area contributed by atoms with E-state index in [1.54, 1.807) is 29.2 Å². The molecule has 2 aromatic rings. The van der Waals surface area contributed by atoms with Gasteiger partial charge in [-0.1, -0.05) is 29.4 Å². The van der Waals surface area contributed by atoms with Gasteiger partial charge in [0, 0.05) is 17.5 Å². The first-order valence-electron chi connectivity index (χ1n) is 6.66. The van der Waals surface area contributed by atoms with Gasteiger partial charge < -0.3 is 4.90 Å². The third-order valence-electron chi connectivity index (χ3n) is 3.38. The highest BCUT2D eigenvalue weighted by Crippen LogP contribution is 2.36. The van der Waals surface area contributed by atoms with Crippen molar-refractivity contribution < 1.29 is 4.79 Å². The summed E-state index contributed by atoms with van der Waals surface area (Å²) in [6.45, 7) is 1.90. The Labute approximate surface area is 126 Å². The first-order chi connectivity index (χ1) is 10.7. The minimum atomic E-state index is -0.0744. The van der Waals surface area contributed by atoms with Crippen LogP contribution in [-0.2, 0) is 11.3 Å². The van der Waals surface area contributed by atoms with Gasteiger partial charge >= 0.3 is 0 Å². The predicted octanol–water partition coefficient (Wildman–Crippen LogP) is 4.91. The number of nitrogens with zero attached hydrogens (tertiary/aromatic N) is 6. The topological polar surface area (TPSA) is 93.8 Å². The molecule has 0 radical (unpaired) electrons. The number of azo groups is 1. The van der Waals surface area contributed by atoms with Gasteiger partial charge in [-0.05, 0) is 29.3 Å². The zero-order valence-corrected chi connectivity index (χ0v) is 11.8. The molecule has 0 saturated heterocycles. The number of para-hydroxylation sites is 1. The number of azide groups is 1. The van der Waals surface area contributed by atoms with Crippen LogP contribution in [0.1, 0.15) is 12.5 Å². The van der Waals surface area contributed by atoms with Crippen LogP contribution >= 0.6 is 0 Å². The molecule has 2 aromatic carbocycles. The zero-order chi connectivity index (χ0) is 15.5. The summed E-state index contributed by atoms with van der Waals surface area (Å²) in [5, 5.41) is 12.0. The van der Waals surface area contributed by atoms with E-state index in [2.05, 4.69) is 20.3 Å². The van der Waals surface area contributed by atoms with Crippen LogP contribution in [0.3, 0.4) is 0 Å². The molecular formula is C15H12N6O. The maximum Gasteiger partial charge on any atom is 0.224 e. The SMILES string of the molecule is CC(=O)N1Cc2ccc(N=[N+]=[N-])cc2N=Nc2ccccc21. The summed E-state index contributed by atoms with van der Waals surface area (Å²) in [5.41, 5.74) is 11.8. The first kappa shape index (κ1) is 13.8. The van der Waals surface area contributed by atoms with Gasteiger partial charge in [-0.3, -0.25) is 4.79 Å². The number of anilines is 1. The van der Waals surface area contributed by atoms with Gasteiger partial charge in [0.05, 0.1) is 17.9 Å². The third kappa shape index (κ3) is 2.53. The number of hydrogen-bond donors (Lipinski definition) is 0. The summed E-state index contributed by atoms with van der Waals surface area (Å²) >= 11 is 0. The van der Waals surface area contributed by atoms with Gasteiger partial charge in [0.25, 0.3) is 0 Å². The molecule has 1 aliphatic heterocycles. The van der Waals surface area contributed by atoms with Crippen LogP contribution < -0.4 is 4.90 Å². The highest BCUT2D eigenvalue weighted by molar-refractivity contribution is 5.94. The van der Waals surface area contributed by atoms with Crippen molar-refractivity contribution in [2.75, 3.05) is 4.90 Å². The molecule has 0 fully saturated rings. The van der Waals surface area contributed by atoms with Gasteiger partial charge in [0.1, 0.15) is 5.69 Å². The summed E-state index contributed by atoms with van der Waals surface area (Å²) in [6.07, 6.45) is 0. The molecule has 0 bridgehead atoms. The van der Waals surface area contributed by atoms with E-state index in [0.29, 0.717) is 23.6 Å². The molecule has 0 aliphatic carbocycles. The number of carbonyl (C=O) groups is 1. The van der Waals surface area contributed by atoms with E-state index < -0.39 is 0 Å². The number of carbonyl (C=O) groups excluding carboxylic acids is 1. The van der Waals surface area contributed by atoms with Crippen LogP contribution in [0.2, 0.25) is 0 Å². The van der Waals surface area contributed by atoms with E-state index in [4.69, 9.17) is 5.53 Å². The largest absolute Gasteiger partial charge is 0.306 e. The number of benzene rings is 2. The minimum absolute atomic E-state index is 0.0744. The quantitative estimate of drug-likeness (QED) is 0.416. The summed E-state index contributed by atoms with van der Waals surface area (Å²) in [7, 11) is 0. The maximum atomic E-state index is 12.0. The van der Waals surface area contributed by atoms with Crippen molar-refractivity contribution in [2.24, 2.45) is 15.3 Å². The second-order valence-corrected chi connectivity index (χ2v) is 4.80. The highest BCUT2D eigenvalue weighted by Gasteiger charge is 2.19. The van der Waals surface area contributed by atoms with Gasteiger partial charge in [0.2, 0.25) is 5.91 Å². The Morgan fingerprint density at radius 3 is 2.77 bits per heavy atom. The van der Waals surface area contributed by atoms with Crippen LogP contribution in [0, 0.1) is 0 Å². The Bertz CT molecular complexity index is 823. The van der Waals surface area contributed by atoms with E-state index >= 15 is 0 Å². The lowest BCUT2D eigenvalue weighted by Crippen LogP contribution is -2.28. The Morgan fingerprint density at radius 2 is 2.00 bits per heavy atom. The maximum absolute atomic E-state index is 12.0. The summed E-state index contributed by atoms with van der Waals surface area (Å²) in [4.78, 5) is 16.4. The lowest BCUT2D eigenvalue weighted by atomic mass is 10.1. The predicted molar refractivity (Wildman–Crippen MR) is 82.7 cm³/mol. The smallest absolute Gasteiger partial charge is 0.224 e. The molecule has 0 atom stereocenters. The number of rotatable bonds is 1. The number of amides is 1. The molecule has 1 heterocycles. The van der Waals surface area contributed by atoms with Crippen LogP contribution in [0.25, 0.3) is 10.4 Å². The van der Waals surface area contributed by atoms with Crippen molar-refractivity contribution in [3.63, 3.8) is 0 Å². The van der Waals surface area contributed by atoms with Crippen LogP contribution in [0.15, 0.2) is 57.8 Å². The van der Waals surface area contributed by atoms with Crippen LogP contribution in [0.5, 0.6) is 0 Å². The molecule has 1 amide bonds. The molecular weight excluding hydrogens is 280 g/mol. The van der Waals surface area contributed by atoms with Crippen LogP contribution in [-0.4, -0.2) is 5.91 Å². The molecule has 7 heteroatoms. The molecule has 0 aromatic heterocycles. The van der Waals surface area contributed by atoms with Gasteiger partial charge in [0.15, 0.2) is 0 Å². The third-order valence-corrected chi connectivity index (χ3v) is 3.38. The molecule has 7 nitrogen and oxygen atoms in total. The molecule has 0 N–H and O–H groups in total. The molecule has 108 valence electrons. The summed E-state index contributed by atoms with van der Waals surface area (Å²) in [6, 6.07) is 12.5. The fourth-order valence-electron chi connectivity index (χ4n) is 2.31. The Balaban J connectivity index is 2.17.